The molecule has 2 aromatic carbocycles. The fourth-order valence-electron chi connectivity index (χ4n) is 3.26. The van der Waals surface area contributed by atoms with Crippen LogP contribution in [0.2, 0.25) is 0 Å². The van der Waals surface area contributed by atoms with Crippen molar-refractivity contribution in [3.05, 3.63) is 107 Å². The number of halogens is 1. The van der Waals surface area contributed by atoms with Crippen LogP contribution in [0.15, 0.2) is 78.4 Å². The third kappa shape index (κ3) is 3.70. The number of hydrogen-bond donors (Lipinski definition) is 0. The van der Waals surface area contributed by atoms with E-state index in [1.54, 1.807) is 27.6 Å². The van der Waals surface area contributed by atoms with Gasteiger partial charge in [-0.05, 0) is 67.3 Å². The van der Waals surface area contributed by atoms with Crippen molar-refractivity contribution in [1.29, 1.82) is 0 Å². The number of hydrogen-bond acceptors (Lipinski definition) is 1. The zero-order valence-corrected chi connectivity index (χ0v) is 15.8. The molecule has 1 heterocycles. The highest BCUT2D eigenvalue weighted by molar-refractivity contribution is 5.73. The van der Waals surface area contributed by atoms with Crippen molar-refractivity contribution < 1.29 is 4.39 Å². The Morgan fingerprint density at radius 3 is 2.44 bits per heavy atom. The monoisotopic (exact) mass is 362 g/mol. The van der Waals surface area contributed by atoms with Crippen LogP contribution >= 0.6 is 0 Å². The van der Waals surface area contributed by atoms with Gasteiger partial charge in [-0.1, -0.05) is 36.9 Å². The molecule has 3 aromatic rings. The number of aromatic nitrogens is 2. The molecule has 0 saturated carbocycles. The third-order valence-electron chi connectivity index (χ3n) is 4.78. The zero-order chi connectivity index (χ0) is 19.6. The van der Waals surface area contributed by atoms with Gasteiger partial charge >= 0.3 is 5.69 Å². The number of benzene rings is 2. The van der Waals surface area contributed by atoms with Crippen LogP contribution < -0.4 is 5.69 Å². The van der Waals surface area contributed by atoms with E-state index in [9.17, 15) is 9.18 Å². The first-order valence-electron chi connectivity index (χ1n) is 8.90. The number of nitrogens with zero attached hydrogens (tertiary/aromatic N) is 2. The molecule has 1 atom stereocenters. The molecule has 0 aliphatic heterocycles. The maximum atomic E-state index is 13.7. The number of imidazole rings is 1. The second kappa shape index (κ2) is 7.62. The van der Waals surface area contributed by atoms with E-state index in [0.29, 0.717) is 0 Å². The maximum absolute atomic E-state index is 13.7. The summed E-state index contributed by atoms with van der Waals surface area (Å²) in [5.41, 5.74) is 4.32. The van der Waals surface area contributed by atoms with E-state index >= 15 is 0 Å². The van der Waals surface area contributed by atoms with E-state index in [0.717, 1.165) is 28.0 Å². The average Bonchev–Trinajstić information content (AvgIpc) is 3.03. The van der Waals surface area contributed by atoms with E-state index in [4.69, 9.17) is 0 Å². The molecule has 0 radical (unpaired) electrons. The van der Waals surface area contributed by atoms with E-state index in [-0.39, 0.29) is 17.5 Å². The Bertz CT molecular complexity index is 1030. The van der Waals surface area contributed by atoms with E-state index in [2.05, 4.69) is 6.58 Å². The first-order chi connectivity index (χ1) is 12.9. The average molecular weight is 362 g/mol. The predicted molar refractivity (Wildman–Crippen MR) is 109 cm³/mol. The molecular weight excluding hydrogens is 339 g/mol. The first-order valence-corrected chi connectivity index (χ1v) is 8.90. The van der Waals surface area contributed by atoms with Crippen LogP contribution in [0.25, 0.3) is 11.3 Å². The molecule has 0 saturated heterocycles. The highest BCUT2D eigenvalue weighted by Gasteiger charge is 2.14. The summed E-state index contributed by atoms with van der Waals surface area (Å²) in [7, 11) is 0. The SMILES string of the molecule is C=C/C(=C\C)c1ccc(-n2ccn(C(C)c3cc(C)cc(F)c3)c2=O)cc1. The molecule has 0 fully saturated rings. The number of aryl methyl sites for hydroxylation is 1. The molecular formula is C23H23FN2O. The summed E-state index contributed by atoms with van der Waals surface area (Å²) in [6, 6.07) is 12.3. The number of rotatable bonds is 5. The van der Waals surface area contributed by atoms with Crippen LogP contribution in [-0.2, 0) is 0 Å². The van der Waals surface area contributed by atoms with Crippen molar-refractivity contribution >= 4 is 5.57 Å². The third-order valence-corrected chi connectivity index (χ3v) is 4.78. The Morgan fingerprint density at radius 1 is 1.15 bits per heavy atom. The second-order valence-corrected chi connectivity index (χ2v) is 6.59. The minimum atomic E-state index is -0.290. The summed E-state index contributed by atoms with van der Waals surface area (Å²) in [5, 5.41) is 0. The van der Waals surface area contributed by atoms with Gasteiger partial charge in [-0.3, -0.25) is 9.13 Å². The van der Waals surface area contributed by atoms with Crippen molar-refractivity contribution in [3.8, 4) is 5.69 Å². The van der Waals surface area contributed by atoms with Gasteiger partial charge in [-0.25, -0.2) is 9.18 Å². The van der Waals surface area contributed by atoms with E-state index < -0.39 is 0 Å². The minimum Gasteiger partial charge on any atom is -0.292 e. The van der Waals surface area contributed by atoms with E-state index in [1.165, 1.54) is 12.1 Å². The summed E-state index contributed by atoms with van der Waals surface area (Å²) >= 11 is 0. The molecule has 1 unspecified atom stereocenters. The fraction of sp³-hybridized carbons (Fsp3) is 0.174. The lowest BCUT2D eigenvalue weighted by atomic mass is 10.1. The molecule has 138 valence electrons. The Kier molecular flexibility index (Phi) is 5.26. The Labute approximate surface area is 158 Å². The van der Waals surface area contributed by atoms with Gasteiger partial charge in [0.1, 0.15) is 5.82 Å². The van der Waals surface area contributed by atoms with Gasteiger partial charge in [0.15, 0.2) is 0 Å². The minimum absolute atomic E-state index is 0.160. The fourth-order valence-corrected chi connectivity index (χ4v) is 3.26. The van der Waals surface area contributed by atoms with Crippen molar-refractivity contribution in [3.63, 3.8) is 0 Å². The van der Waals surface area contributed by atoms with Gasteiger partial charge in [0.05, 0.1) is 11.7 Å². The molecule has 3 rings (SSSR count). The van der Waals surface area contributed by atoms with Gasteiger partial charge in [0.25, 0.3) is 0 Å². The molecule has 0 amide bonds. The van der Waals surface area contributed by atoms with E-state index in [1.807, 2.05) is 57.2 Å². The normalized spacial score (nSPS) is 12.8. The van der Waals surface area contributed by atoms with Crippen molar-refractivity contribution in [1.82, 2.24) is 9.13 Å². The molecule has 0 aliphatic rings. The Balaban J connectivity index is 1.95. The van der Waals surface area contributed by atoms with Crippen LogP contribution in [-0.4, -0.2) is 9.13 Å². The predicted octanol–water partition coefficient (Wildman–Crippen LogP) is 5.29. The highest BCUT2D eigenvalue weighted by atomic mass is 19.1. The lowest BCUT2D eigenvalue weighted by molar-refractivity contribution is 0.589. The topological polar surface area (TPSA) is 26.9 Å². The van der Waals surface area contributed by atoms with Crippen LogP contribution in [0.3, 0.4) is 0 Å². The molecule has 3 nitrogen and oxygen atoms in total. The molecule has 0 spiro atoms. The van der Waals surface area contributed by atoms with Gasteiger partial charge in [-0.2, -0.15) is 0 Å². The largest absolute Gasteiger partial charge is 0.333 e. The van der Waals surface area contributed by atoms with Gasteiger partial charge < -0.3 is 0 Å². The molecule has 0 aliphatic carbocycles. The van der Waals surface area contributed by atoms with Crippen molar-refractivity contribution in [2.45, 2.75) is 26.8 Å². The summed E-state index contributed by atoms with van der Waals surface area (Å²) in [6.45, 7) is 9.52. The Hall–Kier alpha value is -3.14. The molecule has 4 heteroatoms. The quantitative estimate of drug-likeness (QED) is 0.567. The maximum Gasteiger partial charge on any atom is 0.333 e. The van der Waals surface area contributed by atoms with Crippen LogP contribution in [0.5, 0.6) is 0 Å². The zero-order valence-electron chi connectivity index (χ0n) is 15.8. The van der Waals surface area contributed by atoms with Gasteiger partial charge in [0.2, 0.25) is 0 Å². The van der Waals surface area contributed by atoms with Gasteiger partial charge in [0, 0.05) is 12.4 Å². The van der Waals surface area contributed by atoms with Crippen LogP contribution in [0.1, 0.15) is 36.6 Å². The number of allylic oxidation sites excluding steroid dienone is 3. The lowest BCUT2D eigenvalue weighted by Gasteiger charge is -2.14. The Morgan fingerprint density at radius 2 is 1.85 bits per heavy atom. The summed E-state index contributed by atoms with van der Waals surface area (Å²) in [5.74, 6) is -0.290. The summed E-state index contributed by atoms with van der Waals surface area (Å²) in [4.78, 5) is 12.9. The first kappa shape index (κ1) is 18.6. The molecule has 1 aromatic heterocycles. The highest BCUT2D eigenvalue weighted by Crippen LogP contribution is 2.21. The summed E-state index contributed by atoms with van der Waals surface area (Å²) in [6.07, 6.45) is 7.28. The van der Waals surface area contributed by atoms with Crippen molar-refractivity contribution in [2.24, 2.45) is 0 Å². The van der Waals surface area contributed by atoms with Crippen LogP contribution in [0.4, 0.5) is 4.39 Å². The molecule has 0 N–H and O–H groups in total. The summed E-state index contributed by atoms with van der Waals surface area (Å²) < 4.78 is 16.9. The standard InChI is InChI=1S/C23H23FN2O/c1-5-18(6-2)19-7-9-22(10-8-19)26-12-11-25(23(26)27)17(4)20-13-16(3)14-21(24)15-20/h5-15,17H,1H2,2-4H3/b18-6+. The lowest BCUT2D eigenvalue weighted by Crippen LogP contribution is -2.25. The molecule has 27 heavy (non-hydrogen) atoms. The smallest absolute Gasteiger partial charge is 0.292 e. The van der Waals surface area contributed by atoms with Crippen molar-refractivity contribution in [2.75, 3.05) is 0 Å². The second-order valence-electron chi connectivity index (χ2n) is 6.59. The van der Waals surface area contributed by atoms with Crippen LogP contribution in [0, 0.1) is 12.7 Å². The van der Waals surface area contributed by atoms with Gasteiger partial charge in [-0.15, -0.1) is 0 Å². The molecule has 0 bridgehead atoms.